The van der Waals surface area contributed by atoms with Gasteiger partial charge in [0.25, 0.3) is 0 Å². The molecule has 1 rings (SSSR count). The maximum atomic E-state index is 11.5. The van der Waals surface area contributed by atoms with Crippen molar-refractivity contribution in [3.63, 3.8) is 0 Å². The summed E-state index contributed by atoms with van der Waals surface area (Å²) < 4.78 is 5.14. The quantitative estimate of drug-likeness (QED) is 0.680. The Morgan fingerprint density at radius 1 is 1.47 bits per heavy atom. The number of amides is 1. The van der Waals surface area contributed by atoms with Gasteiger partial charge in [-0.2, -0.15) is 0 Å². The molecule has 1 aliphatic rings. The number of carbonyl (C=O) groups excluding carboxylic acids is 1. The van der Waals surface area contributed by atoms with Crippen LogP contribution >= 0.6 is 0 Å². The van der Waals surface area contributed by atoms with Crippen LogP contribution in [0.2, 0.25) is 0 Å². The van der Waals surface area contributed by atoms with Crippen molar-refractivity contribution in [2.75, 3.05) is 6.54 Å². The van der Waals surface area contributed by atoms with Gasteiger partial charge in [0, 0.05) is 12.1 Å². The van der Waals surface area contributed by atoms with Crippen LogP contribution in [-0.4, -0.2) is 35.0 Å². The highest BCUT2D eigenvalue weighted by Crippen LogP contribution is 2.25. The molecule has 1 fully saturated rings. The van der Waals surface area contributed by atoms with Crippen LogP contribution in [-0.2, 0) is 4.74 Å². The number of nitrogens with one attached hydrogen (secondary N) is 1. The predicted octanol–water partition coefficient (Wildman–Crippen LogP) is 1.14. The first kappa shape index (κ1) is 14.3. The zero-order valence-electron chi connectivity index (χ0n) is 11.0. The van der Waals surface area contributed by atoms with Crippen LogP contribution in [0, 0.1) is 0 Å². The van der Waals surface area contributed by atoms with E-state index >= 15 is 0 Å². The van der Waals surface area contributed by atoms with Crippen molar-refractivity contribution in [3.8, 4) is 0 Å². The van der Waals surface area contributed by atoms with Crippen LogP contribution in [0.5, 0.6) is 0 Å². The molecule has 1 aliphatic carbocycles. The molecule has 0 aliphatic heterocycles. The molecule has 0 radical (unpaired) electrons. The minimum absolute atomic E-state index is 0.242. The number of carbonyl (C=O) groups is 1. The molecule has 1 amide bonds. The first-order valence-corrected chi connectivity index (χ1v) is 6.14. The maximum absolute atomic E-state index is 11.5. The van der Waals surface area contributed by atoms with E-state index in [4.69, 9.17) is 10.5 Å². The van der Waals surface area contributed by atoms with Gasteiger partial charge in [0.15, 0.2) is 0 Å². The van der Waals surface area contributed by atoms with Gasteiger partial charge in [0.2, 0.25) is 0 Å². The highest BCUT2D eigenvalue weighted by Gasteiger charge is 2.31. The molecule has 17 heavy (non-hydrogen) atoms. The fourth-order valence-corrected chi connectivity index (χ4v) is 1.92. The number of ether oxygens (including phenoxy) is 1. The summed E-state index contributed by atoms with van der Waals surface area (Å²) >= 11 is 0. The summed E-state index contributed by atoms with van der Waals surface area (Å²) in [7, 11) is 0. The Morgan fingerprint density at radius 2 is 2.00 bits per heavy atom. The average Bonchev–Trinajstić information content (AvgIpc) is 2.18. The Bertz CT molecular complexity index is 265. The van der Waals surface area contributed by atoms with E-state index in [0.29, 0.717) is 19.4 Å². The van der Waals surface area contributed by atoms with Crippen molar-refractivity contribution in [1.82, 2.24) is 5.32 Å². The molecule has 0 aromatic carbocycles. The fraction of sp³-hybridized carbons (Fsp3) is 0.917. The first-order chi connectivity index (χ1) is 7.70. The molecular weight excluding hydrogens is 220 g/mol. The molecule has 0 bridgehead atoms. The molecule has 0 heterocycles. The largest absolute Gasteiger partial charge is 0.444 e. The van der Waals surface area contributed by atoms with Crippen molar-refractivity contribution < 1.29 is 14.6 Å². The van der Waals surface area contributed by atoms with E-state index in [9.17, 15) is 9.90 Å². The lowest BCUT2D eigenvalue weighted by atomic mass is 9.81. The fourth-order valence-electron chi connectivity index (χ4n) is 1.92. The molecular formula is C12H24N2O3. The van der Waals surface area contributed by atoms with E-state index in [-0.39, 0.29) is 6.10 Å². The Morgan fingerprint density at radius 3 is 2.47 bits per heavy atom. The van der Waals surface area contributed by atoms with E-state index in [2.05, 4.69) is 5.32 Å². The van der Waals surface area contributed by atoms with Crippen molar-refractivity contribution in [1.29, 1.82) is 0 Å². The summed E-state index contributed by atoms with van der Waals surface area (Å²) in [5, 5.41) is 12.1. The van der Waals surface area contributed by atoms with Crippen molar-refractivity contribution in [2.45, 2.75) is 63.7 Å². The van der Waals surface area contributed by atoms with E-state index in [1.54, 1.807) is 0 Å². The standard InChI is InChI=1S/C12H24N2O3/c1-11(2,3)17-10(16)14-8-12(13)6-4-9(15)5-7-12/h9,15H,4-8,13H2,1-3H3,(H,14,16). The van der Waals surface area contributed by atoms with E-state index < -0.39 is 17.2 Å². The lowest BCUT2D eigenvalue weighted by Crippen LogP contribution is -2.53. The third-order valence-electron chi connectivity index (χ3n) is 2.93. The first-order valence-electron chi connectivity index (χ1n) is 6.14. The monoisotopic (exact) mass is 244 g/mol. The van der Waals surface area contributed by atoms with Gasteiger partial charge in [0.05, 0.1) is 6.10 Å². The van der Waals surface area contributed by atoms with Gasteiger partial charge < -0.3 is 20.9 Å². The highest BCUT2D eigenvalue weighted by molar-refractivity contribution is 5.67. The topological polar surface area (TPSA) is 84.6 Å². The van der Waals surface area contributed by atoms with Crippen molar-refractivity contribution in [2.24, 2.45) is 5.73 Å². The Kier molecular flexibility index (Phi) is 4.38. The van der Waals surface area contributed by atoms with Crippen molar-refractivity contribution in [3.05, 3.63) is 0 Å². The van der Waals surface area contributed by atoms with Gasteiger partial charge in [-0.3, -0.25) is 0 Å². The zero-order chi connectivity index (χ0) is 13.1. The number of alkyl carbamates (subject to hydrolysis) is 1. The summed E-state index contributed by atoms with van der Waals surface area (Å²) in [6.45, 7) is 5.86. The maximum Gasteiger partial charge on any atom is 0.407 e. The Labute approximate surface area is 103 Å². The van der Waals surface area contributed by atoms with Gasteiger partial charge in [-0.05, 0) is 46.5 Å². The van der Waals surface area contributed by atoms with E-state index in [1.807, 2.05) is 20.8 Å². The molecule has 1 saturated carbocycles. The average molecular weight is 244 g/mol. The Hall–Kier alpha value is -0.810. The Balaban J connectivity index is 2.32. The molecule has 5 nitrogen and oxygen atoms in total. The summed E-state index contributed by atoms with van der Waals surface area (Å²) in [5.41, 5.74) is 5.25. The van der Waals surface area contributed by atoms with Crippen LogP contribution < -0.4 is 11.1 Å². The lowest BCUT2D eigenvalue weighted by molar-refractivity contribution is 0.0490. The molecule has 4 N–H and O–H groups in total. The number of aliphatic hydroxyl groups is 1. The third-order valence-corrected chi connectivity index (χ3v) is 2.93. The normalized spacial score (nSPS) is 29.8. The summed E-state index contributed by atoms with van der Waals surface area (Å²) in [4.78, 5) is 11.5. The van der Waals surface area contributed by atoms with Crippen LogP contribution in [0.4, 0.5) is 4.79 Å². The van der Waals surface area contributed by atoms with Gasteiger partial charge in [-0.1, -0.05) is 0 Å². The second-order valence-corrected chi connectivity index (χ2v) is 5.95. The number of hydrogen-bond donors (Lipinski definition) is 3. The number of rotatable bonds is 2. The highest BCUT2D eigenvalue weighted by atomic mass is 16.6. The van der Waals surface area contributed by atoms with E-state index in [0.717, 1.165) is 12.8 Å². The second-order valence-electron chi connectivity index (χ2n) is 5.95. The summed E-state index contributed by atoms with van der Waals surface area (Å²) in [5.74, 6) is 0. The SMILES string of the molecule is CC(C)(C)OC(=O)NCC1(N)CCC(O)CC1. The van der Waals surface area contributed by atoms with Gasteiger partial charge in [-0.25, -0.2) is 4.79 Å². The number of nitrogens with two attached hydrogens (primary N) is 1. The molecule has 5 heteroatoms. The molecule has 0 saturated heterocycles. The van der Waals surface area contributed by atoms with Crippen LogP contribution in [0.25, 0.3) is 0 Å². The molecule has 0 unspecified atom stereocenters. The molecule has 0 spiro atoms. The third kappa shape index (κ3) is 5.37. The van der Waals surface area contributed by atoms with Crippen LogP contribution in [0.15, 0.2) is 0 Å². The minimum atomic E-state index is -0.491. The van der Waals surface area contributed by atoms with Crippen LogP contribution in [0.3, 0.4) is 0 Å². The lowest BCUT2D eigenvalue weighted by Gasteiger charge is -2.35. The van der Waals surface area contributed by atoms with Gasteiger partial charge in [0.1, 0.15) is 5.60 Å². The molecule has 0 atom stereocenters. The van der Waals surface area contributed by atoms with Crippen molar-refractivity contribution >= 4 is 6.09 Å². The molecule has 100 valence electrons. The molecule has 0 aromatic rings. The summed E-state index contributed by atoms with van der Waals surface area (Å²) in [6.07, 6.45) is 2.18. The van der Waals surface area contributed by atoms with Gasteiger partial charge >= 0.3 is 6.09 Å². The second kappa shape index (κ2) is 5.23. The van der Waals surface area contributed by atoms with Crippen LogP contribution in [0.1, 0.15) is 46.5 Å². The number of hydrogen-bond acceptors (Lipinski definition) is 4. The molecule has 0 aromatic heterocycles. The minimum Gasteiger partial charge on any atom is -0.444 e. The van der Waals surface area contributed by atoms with E-state index in [1.165, 1.54) is 0 Å². The smallest absolute Gasteiger partial charge is 0.407 e. The van der Waals surface area contributed by atoms with Gasteiger partial charge in [-0.15, -0.1) is 0 Å². The summed E-state index contributed by atoms with van der Waals surface area (Å²) in [6, 6.07) is 0. The zero-order valence-corrected chi connectivity index (χ0v) is 11.0. The predicted molar refractivity (Wildman–Crippen MR) is 65.6 cm³/mol. The number of aliphatic hydroxyl groups excluding tert-OH is 1.